The molecule has 1 N–H and O–H groups in total. The fourth-order valence-corrected chi connectivity index (χ4v) is 2.84. The van der Waals surface area contributed by atoms with Crippen LogP contribution in [-0.4, -0.2) is 42.4 Å². The Bertz CT molecular complexity index is 1030. The molecule has 27 heavy (non-hydrogen) atoms. The molecule has 3 aromatic rings. The molecule has 0 spiro atoms. The molecule has 0 amide bonds. The van der Waals surface area contributed by atoms with E-state index in [0.717, 1.165) is 5.56 Å². The Kier molecular flexibility index (Phi) is 5.78. The number of aromatic nitrogens is 3. The van der Waals surface area contributed by atoms with Crippen LogP contribution in [0.1, 0.15) is 5.56 Å². The second-order valence-corrected chi connectivity index (χ2v) is 6.16. The molecular weight excluding hydrogens is 388 g/mol. The number of aromatic amines is 1. The van der Waals surface area contributed by atoms with Crippen molar-refractivity contribution in [2.24, 2.45) is 5.10 Å². The maximum Gasteiger partial charge on any atom is 0.216 e. The highest BCUT2D eigenvalue weighted by atomic mass is 35.5. The lowest BCUT2D eigenvalue weighted by atomic mass is 10.2. The quantitative estimate of drug-likeness (QED) is 0.493. The smallest absolute Gasteiger partial charge is 0.216 e. The number of H-pyrrole nitrogens is 1. The molecule has 0 unspecified atom stereocenters. The van der Waals surface area contributed by atoms with Crippen LogP contribution in [0.5, 0.6) is 17.2 Å². The number of methoxy groups -OCH3 is 3. The van der Waals surface area contributed by atoms with E-state index < -0.39 is 0 Å². The number of hydrogen-bond donors (Lipinski definition) is 1. The van der Waals surface area contributed by atoms with Crippen molar-refractivity contribution in [1.29, 1.82) is 0 Å². The molecule has 9 heteroatoms. The van der Waals surface area contributed by atoms with E-state index in [1.807, 2.05) is 18.2 Å². The number of nitrogens with one attached hydrogen (secondary N) is 1. The standard InChI is InChI=1S/C18H17ClN4O3S/c1-24-14-9-6-12(15(25-2)16(14)26-3)10-20-23-17(21-22-18(23)27)11-4-7-13(19)8-5-11/h4-10H,1-3H3,(H,22,27)/b20-10-. The first-order valence-corrected chi connectivity index (χ1v) is 8.64. The van der Waals surface area contributed by atoms with Gasteiger partial charge >= 0.3 is 0 Å². The van der Waals surface area contributed by atoms with Gasteiger partial charge in [-0.05, 0) is 48.6 Å². The van der Waals surface area contributed by atoms with Crippen molar-refractivity contribution < 1.29 is 14.2 Å². The van der Waals surface area contributed by atoms with Crippen molar-refractivity contribution in [2.75, 3.05) is 21.3 Å². The van der Waals surface area contributed by atoms with Gasteiger partial charge < -0.3 is 14.2 Å². The Morgan fingerprint density at radius 2 is 1.74 bits per heavy atom. The third-order valence-corrected chi connectivity index (χ3v) is 4.32. The largest absolute Gasteiger partial charge is 0.493 e. The van der Waals surface area contributed by atoms with E-state index >= 15 is 0 Å². The first kappa shape index (κ1) is 18.9. The molecule has 0 atom stereocenters. The topological polar surface area (TPSA) is 73.7 Å². The molecule has 1 heterocycles. The minimum Gasteiger partial charge on any atom is -0.493 e. The summed E-state index contributed by atoms with van der Waals surface area (Å²) in [5.74, 6) is 2.11. The highest BCUT2D eigenvalue weighted by molar-refractivity contribution is 7.71. The van der Waals surface area contributed by atoms with Crippen molar-refractivity contribution in [3.8, 4) is 28.6 Å². The van der Waals surface area contributed by atoms with Crippen molar-refractivity contribution in [3.05, 3.63) is 51.8 Å². The van der Waals surface area contributed by atoms with Crippen LogP contribution < -0.4 is 14.2 Å². The van der Waals surface area contributed by atoms with Crippen LogP contribution in [0.3, 0.4) is 0 Å². The van der Waals surface area contributed by atoms with Gasteiger partial charge in [0.1, 0.15) is 0 Å². The number of rotatable bonds is 6. The second-order valence-electron chi connectivity index (χ2n) is 5.34. The zero-order chi connectivity index (χ0) is 19.4. The number of hydrogen-bond acceptors (Lipinski definition) is 6. The summed E-state index contributed by atoms with van der Waals surface area (Å²) in [5, 5.41) is 12.1. The summed E-state index contributed by atoms with van der Waals surface area (Å²) in [6.07, 6.45) is 1.62. The summed E-state index contributed by atoms with van der Waals surface area (Å²) in [6, 6.07) is 10.8. The number of benzene rings is 2. The van der Waals surface area contributed by atoms with Gasteiger partial charge in [-0.1, -0.05) is 11.6 Å². The molecule has 7 nitrogen and oxygen atoms in total. The van der Waals surface area contributed by atoms with Gasteiger partial charge in [-0.15, -0.1) is 0 Å². The molecule has 0 saturated carbocycles. The molecule has 0 bridgehead atoms. The lowest BCUT2D eigenvalue weighted by molar-refractivity contribution is 0.324. The van der Waals surface area contributed by atoms with E-state index in [0.29, 0.717) is 38.4 Å². The first-order valence-electron chi connectivity index (χ1n) is 7.85. The van der Waals surface area contributed by atoms with Gasteiger partial charge in [-0.3, -0.25) is 0 Å². The summed E-state index contributed by atoms with van der Waals surface area (Å²) < 4.78 is 18.0. The zero-order valence-electron chi connectivity index (χ0n) is 14.9. The van der Waals surface area contributed by atoms with Crippen LogP contribution in [0.25, 0.3) is 11.4 Å². The molecule has 1 aromatic heterocycles. The first-order chi connectivity index (χ1) is 13.1. The number of halogens is 1. The average Bonchev–Trinajstić information content (AvgIpc) is 3.06. The molecule has 3 rings (SSSR count). The van der Waals surface area contributed by atoms with Gasteiger partial charge in [0.05, 0.1) is 27.5 Å². The zero-order valence-corrected chi connectivity index (χ0v) is 16.5. The predicted octanol–water partition coefficient (Wildman–Crippen LogP) is 4.17. The third kappa shape index (κ3) is 3.81. The van der Waals surface area contributed by atoms with Crippen LogP contribution in [0.15, 0.2) is 41.5 Å². The van der Waals surface area contributed by atoms with Crippen LogP contribution in [0.4, 0.5) is 0 Å². The normalized spacial score (nSPS) is 11.0. The molecule has 0 saturated heterocycles. The lowest BCUT2D eigenvalue weighted by Crippen LogP contribution is -2.00. The summed E-state index contributed by atoms with van der Waals surface area (Å²) in [6.45, 7) is 0. The molecule has 140 valence electrons. The second kappa shape index (κ2) is 8.24. The Labute approximate surface area is 166 Å². The summed E-state index contributed by atoms with van der Waals surface area (Å²) in [4.78, 5) is 0. The highest BCUT2D eigenvalue weighted by Crippen LogP contribution is 2.39. The van der Waals surface area contributed by atoms with E-state index in [1.54, 1.807) is 45.7 Å². The van der Waals surface area contributed by atoms with E-state index in [2.05, 4.69) is 15.3 Å². The highest BCUT2D eigenvalue weighted by Gasteiger charge is 2.15. The molecule has 0 aliphatic rings. The fourth-order valence-electron chi connectivity index (χ4n) is 2.53. The third-order valence-electron chi connectivity index (χ3n) is 3.80. The van der Waals surface area contributed by atoms with Crippen LogP contribution >= 0.6 is 23.8 Å². The Balaban J connectivity index is 2.04. The van der Waals surface area contributed by atoms with Gasteiger partial charge in [-0.25, -0.2) is 5.10 Å². The van der Waals surface area contributed by atoms with Crippen molar-refractivity contribution in [2.45, 2.75) is 0 Å². The molecule has 0 radical (unpaired) electrons. The van der Waals surface area contributed by atoms with E-state index in [1.165, 1.54) is 4.68 Å². The summed E-state index contributed by atoms with van der Waals surface area (Å²) >= 11 is 11.2. The Morgan fingerprint density at radius 1 is 1.04 bits per heavy atom. The average molecular weight is 405 g/mol. The van der Waals surface area contributed by atoms with Gasteiger partial charge in [0.2, 0.25) is 10.5 Å². The molecule has 2 aromatic carbocycles. The fraction of sp³-hybridized carbons (Fsp3) is 0.167. The number of ether oxygens (including phenoxy) is 3. The van der Waals surface area contributed by atoms with E-state index in [4.69, 9.17) is 38.0 Å². The Morgan fingerprint density at radius 3 is 2.37 bits per heavy atom. The van der Waals surface area contributed by atoms with Gasteiger partial charge in [0.15, 0.2) is 17.3 Å². The van der Waals surface area contributed by atoms with Crippen LogP contribution in [0.2, 0.25) is 5.02 Å². The van der Waals surface area contributed by atoms with E-state index in [9.17, 15) is 0 Å². The maximum atomic E-state index is 5.95. The van der Waals surface area contributed by atoms with Crippen LogP contribution in [0, 0.1) is 4.77 Å². The van der Waals surface area contributed by atoms with Crippen molar-refractivity contribution in [3.63, 3.8) is 0 Å². The monoisotopic (exact) mass is 404 g/mol. The van der Waals surface area contributed by atoms with Crippen molar-refractivity contribution in [1.82, 2.24) is 14.9 Å². The van der Waals surface area contributed by atoms with Crippen molar-refractivity contribution >= 4 is 30.0 Å². The SMILES string of the molecule is COc1ccc(/C=N\n2c(-c3ccc(Cl)cc3)n[nH]c2=S)c(OC)c1OC. The summed E-state index contributed by atoms with van der Waals surface area (Å²) in [7, 11) is 4.66. The number of nitrogens with zero attached hydrogens (tertiary/aromatic N) is 3. The van der Waals surface area contributed by atoms with Gasteiger partial charge in [0.25, 0.3) is 0 Å². The predicted molar refractivity (Wildman–Crippen MR) is 107 cm³/mol. The minimum absolute atomic E-state index is 0.357. The van der Waals surface area contributed by atoms with Crippen LogP contribution in [-0.2, 0) is 0 Å². The van der Waals surface area contributed by atoms with E-state index in [-0.39, 0.29) is 0 Å². The maximum absolute atomic E-state index is 5.95. The molecule has 0 fully saturated rings. The van der Waals surface area contributed by atoms with Gasteiger partial charge in [0, 0.05) is 16.1 Å². The summed E-state index contributed by atoms with van der Waals surface area (Å²) in [5.41, 5.74) is 1.52. The molecule has 0 aliphatic heterocycles. The minimum atomic E-state index is 0.357. The lowest BCUT2D eigenvalue weighted by Gasteiger charge is -2.13. The Hall–Kier alpha value is -2.84. The molecule has 0 aliphatic carbocycles. The molecular formula is C18H17ClN4O3S. The van der Waals surface area contributed by atoms with Gasteiger partial charge in [-0.2, -0.15) is 14.9 Å².